The van der Waals surface area contributed by atoms with Crippen molar-refractivity contribution in [1.29, 1.82) is 0 Å². The highest BCUT2D eigenvalue weighted by Gasteiger charge is 2.51. The Kier molecular flexibility index (Phi) is 8.84. The van der Waals surface area contributed by atoms with Gasteiger partial charge in [-0.25, -0.2) is 0 Å². The highest BCUT2D eigenvalue weighted by atomic mass is 16.5. The molecule has 1 fully saturated rings. The number of carboxylic acids is 1. The topological polar surface area (TPSA) is 77.0 Å². The van der Waals surface area contributed by atoms with Crippen molar-refractivity contribution in [2.75, 3.05) is 46.7 Å². The zero-order chi connectivity index (χ0) is 15.6. The summed E-state index contributed by atoms with van der Waals surface area (Å²) in [5.41, 5.74) is -0.910. The highest BCUT2D eigenvalue weighted by Crippen LogP contribution is 2.40. The lowest BCUT2D eigenvalue weighted by Gasteiger charge is -2.30. The van der Waals surface area contributed by atoms with Crippen LogP contribution < -0.4 is 5.32 Å². The van der Waals surface area contributed by atoms with E-state index in [-0.39, 0.29) is 12.5 Å². The number of aliphatic carboxylic acids is 1. The molecule has 0 aliphatic heterocycles. The Hall–Kier alpha value is -0.690. The summed E-state index contributed by atoms with van der Waals surface area (Å²) in [7, 11) is 1.64. The SMILES string of the molecule is CCCNC(COCCCOCCOC)(C(=O)O)C1CC1. The first-order valence-electron chi connectivity index (χ1n) is 7.80. The summed E-state index contributed by atoms with van der Waals surface area (Å²) in [6.45, 7) is 5.25. The first-order valence-corrected chi connectivity index (χ1v) is 7.80. The third-order valence-corrected chi connectivity index (χ3v) is 3.69. The van der Waals surface area contributed by atoms with Crippen molar-refractivity contribution < 1.29 is 24.1 Å². The minimum atomic E-state index is -0.910. The minimum absolute atomic E-state index is 0.194. The second kappa shape index (κ2) is 10.1. The van der Waals surface area contributed by atoms with Gasteiger partial charge in [0.05, 0.1) is 19.8 Å². The van der Waals surface area contributed by atoms with Crippen molar-refractivity contribution in [3.05, 3.63) is 0 Å². The molecule has 0 aromatic rings. The van der Waals surface area contributed by atoms with Gasteiger partial charge in [0.2, 0.25) is 0 Å². The van der Waals surface area contributed by atoms with Gasteiger partial charge in [0.25, 0.3) is 0 Å². The molecule has 1 aliphatic rings. The van der Waals surface area contributed by atoms with Crippen molar-refractivity contribution in [2.45, 2.75) is 38.1 Å². The largest absolute Gasteiger partial charge is 0.480 e. The van der Waals surface area contributed by atoms with Gasteiger partial charge in [-0.3, -0.25) is 10.1 Å². The van der Waals surface area contributed by atoms with Crippen molar-refractivity contribution >= 4 is 5.97 Å². The fourth-order valence-corrected chi connectivity index (χ4v) is 2.29. The van der Waals surface area contributed by atoms with E-state index in [0.29, 0.717) is 33.0 Å². The van der Waals surface area contributed by atoms with E-state index in [0.717, 1.165) is 25.7 Å². The van der Waals surface area contributed by atoms with Gasteiger partial charge in [0.1, 0.15) is 5.54 Å². The summed E-state index contributed by atoms with van der Waals surface area (Å²) in [5.74, 6) is -0.603. The smallest absolute Gasteiger partial charge is 0.326 e. The molecule has 1 saturated carbocycles. The Bertz CT molecular complexity index is 296. The fraction of sp³-hybridized carbons (Fsp3) is 0.933. The Labute approximate surface area is 127 Å². The molecule has 1 unspecified atom stereocenters. The molecule has 6 heteroatoms. The number of hydrogen-bond donors (Lipinski definition) is 2. The molecule has 1 rings (SSSR count). The van der Waals surface area contributed by atoms with Gasteiger partial charge >= 0.3 is 5.97 Å². The molecule has 0 bridgehead atoms. The van der Waals surface area contributed by atoms with Crippen LogP contribution in [0.4, 0.5) is 0 Å². The van der Waals surface area contributed by atoms with E-state index in [4.69, 9.17) is 14.2 Å². The van der Waals surface area contributed by atoms with Gasteiger partial charge in [-0.2, -0.15) is 0 Å². The normalized spacial score (nSPS) is 17.6. The molecule has 0 aromatic heterocycles. The second-order valence-electron chi connectivity index (χ2n) is 5.49. The maximum Gasteiger partial charge on any atom is 0.326 e. The van der Waals surface area contributed by atoms with Crippen LogP contribution in [0.5, 0.6) is 0 Å². The van der Waals surface area contributed by atoms with E-state index < -0.39 is 11.5 Å². The number of rotatable bonds is 14. The molecule has 124 valence electrons. The summed E-state index contributed by atoms with van der Waals surface area (Å²) >= 11 is 0. The van der Waals surface area contributed by atoms with Crippen LogP contribution in [-0.2, 0) is 19.0 Å². The van der Waals surface area contributed by atoms with Crippen molar-refractivity contribution in [3.8, 4) is 0 Å². The van der Waals surface area contributed by atoms with Gasteiger partial charge in [-0.05, 0) is 38.1 Å². The molecule has 6 nitrogen and oxygen atoms in total. The van der Waals surface area contributed by atoms with Gasteiger partial charge in [0.15, 0.2) is 0 Å². The zero-order valence-electron chi connectivity index (χ0n) is 13.2. The molecule has 0 saturated heterocycles. The molecular weight excluding hydrogens is 274 g/mol. The van der Waals surface area contributed by atoms with Gasteiger partial charge < -0.3 is 19.3 Å². The predicted octanol–water partition coefficient (Wildman–Crippen LogP) is 1.29. The summed E-state index contributed by atoms with van der Waals surface area (Å²) in [6, 6.07) is 0. The van der Waals surface area contributed by atoms with Crippen LogP contribution in [0, 0.1) is 5.92 Å². The third-order valence-electron chi connectivity index (χ3n) is 3.69. The summed E-state index contributed by atoms with van der Waals surface area (Å²) in [5, 5.41) is 12.8. The van der Waals surface area contributed by atoms with Crippen LogP contribution in [0.1, 0.15) is 32.6 Å². The van der Waals surface area contributed by atoms with Gasteiger partial charge in [0, 0.05) is 20.3 Å². The Morgan fingerprint density at radius 3 is 2.52 bits per heavy atom. The van der Waals surface area contributed by atoms with Crippen LogP contribution in [0.15, 0.2) is 0 Å². The molecule has 1 aliphatic carbocycles. The van der Waals surface area contributed by atoms with Gasteiger partial charge in [-0.15, -0.1) is 0 Å². The summed E-state index contributed by atoms with van der Waals surface area (Å²) < 4.78 is 15.8. The molecule has 1 atom stereocenters. The Morgan fingerprint density at radius 2 is 1.95 bits per heavy atom. The zero-order valence-corrected chi connectivity index (χ0v) is 13.2. The van der Waals surface area contributed by atoms with E-state index in [1.54, 1.807) is 7.11 Å². The molecule has 21 heavy (non-hydrogen) atoms. The first kappa shape index (κ1) is 18.4. The average Bonchev–Trinajstić information content (AvgIpc) is 3.30. The number of nitrogens with one attached hydrogen (secondary N) is 1. The predicted molar refractivity (Wildman–Crippen MR) is 79.5 cm³/mol. The number of ether oxygens (including phenoxy) is 3. The number of carboxylic acid groups (broad SMARTS) is 1. The summed E-state index contributed by atoms with van der Waals surface area (Å²) in [6.07, 6.45) is 3.60. The summed E-state index contributed by atoms with van der Waals surface area (Å²) in [4.78, 5) is 11.7. The Balaban J connectivity index is 2.25. The van der Waals surface area contributed by atoms with Gasteiger partial charge in [-0.1, -0.05) is 6.92 Å². The molecular formula is C15H29NO5. The monoisotopic (exact) mass is 303 g/mol. The number of carbonyl (C=O) groups is 1. The average molecular weight is 303 g/mol. The van der Waals surface area contributed by atoms with Crippen LogP contribution in [-0.4, -0.2) is 63.3 Å². The number of hydrogen-bond acceptors (Lipinski definition) is 5. The molecule has 2 N–H and O–H groups in total. The van der Waals surface area contributed by atoms with Crippen molar-refractivity contribution in [1.82, 2.24) is 5.32 Å². The molecule has 0 amide bonds. The van der Waals surface area contributed by atoms with E-state index in [9.17, 15) is 9.90 Å². The van der Waals surface area contributed by atoms with Crippen LogP contribution in [0.3, 0.4) is 0 Å². The van der Waals surface area contributed by atoms with Crippen LogP contribution in [0.2, 0.25) is 0 Å². The fourth-order valence-electron chi connectivity index (χ4n) is 2.29. The second-order valence-corrected chi connectivity index (χ2v) is 5.49. The molecule has 0 aromatic carbocycles. The highest BCUT2D eigenvalue weighted by molar-refractivity contribution is 5.80. The quantitative estimate of drug-likeness (QED) is 0.471. The molecule has 0 heterocycles. The Morgan fingerprint density at radius 1 is 1.24 bits per heavy atom. The lowest BCUT2D eigenvalue weighted by molar-refractivity contribution is -0.149. The first-order chi connectivity index (χ1) is 10.2. The molecule has 0 radical (unpaired) electrons. The number of methoxy groups -OCH3 is 1. The maximum atomic E-state index is 11.7. The van der Waals surface area contributed by atoms with E-state index in [2.05, 4.69) is 5.32 Å². The standard InChI is InChI=1S/C15H29NO5/c1-3-7-16-15(14(17)18,13-5-6-13)12-21-9-4-8-20-11-10-19-2/h13,16H,3-12H2,1-2H3,(H,17,18). The van der Waals surface area contributed by atoms with E-state index in [1.807, 2.05) is 6.92 Å². The van der Waals surface area contributed by atoms with E-state index in [1.165, 1.54) is 0 Å². The molecule has 0 spiro atoms. The van der Waals surface area contributed by atoms with E-state index >= 15 is 0 Å². The lowest BCUT2D eigenvalue weighted by atomic mass is 9.94. The van der Waals surface area contributed by atoms with Crippen molar-refractivity contribution in [3.63, 3.8) is 0 Å². The maximum absolute atomic E-state index is 11.7. The van der Waals surface area contributed by atoms with Crippen molar-refractivity contribution in [2.24, 2.45) is 5.92 Å². The lowest BCUT2D eigenvalue weighted by Crippen LogP contribution is -2.57. The van der Waals surface area contributed by atoms with Crippen LogP contribution in [0.25, 0.3) is 0 Å². The third kappa shape index (κ3) is 6.30. The minimum Gasteiger partial charge on any atom is -0.480 e. The van der Waals surface area contributed by atoms with Crippen LogP contribution >= 0.6 is 0 Å².